The van der Waals surface area contributed by atoms with Gasteiger partial charge in [0.05, 0.1) is 5.56 Å². The monoisotopic (exact) mass is 292 g/mol. The van der Waals surface area contributed by atoms with Gasteiger partial charge in [-0.15, -0.1) is 0 Å². The molecule has 1 aromatic carbocycles. The second-order valence-corrected chi connectivity index (χ2v) is 4.97. The van der Waals surface area contributed by atoms with Crippen molar-refractivity contribution in [2.45, 2.75) is 13.3 Å². The molecule has 0 aliphatic carbocycles. The van der Waals surface area contributed by atoms with E-state index in [4.69, 9.17) is 28.5 Å². The maximum atomic E-state index is 11.9. The number of aromatic amines is 1. The van der Waals surface area contributed by atoms with E-state index in [2.05, 4.69) is 4.98 Å². The second kappa shape index (κ2) is 5.48. The Morgan fingerprint density at radius 2 is 1.95 bits per heavy atom. The van der Waals surface area contributed by atoms with Crippen molar-refractivity contribution < 1.29 is 0 Å². The van der Waals surface area contributed by atoms with Crippen LogP contribution in [0.15, 0.2) is 29.1 Å². The minimum Gasteiger partial charge on any atom is -0.325 e. The first-order valence-electron chi connectivity index (χ1n) is 5.58. The zero-order chi connectivity index (χ0) is 14.0. The molecule has 0 aliphatic heterocycles. The maximum Gasteiger partial charge on any atom is 0.251 e. The number of hydrogen-bond donors (Lipinski definition) is 1. The Morgan fingerprint density at radius 1 is 1.32 bits per heavy atom. The number of hydrogen-bond acceptors (Lipinski definition) is 2. The Kier molecular flexibility index (Phi) is 3.94. The zero-order valence-corrected chi connectivity index (χ0v) is 11.6. The van der Waals surface area contributed by atoms with Crippen LogP contribution in [0.5, 0.6) is 0 Å². The number of aromatic nitrogens is 1. The van der Waals surface area contributed by atoms with Gasteiger partial charge in [0.1, 0.15) is 6.07 Å². The van der Waals surface area contributed by atoms with Crippen LogP contribution in [0, 0.1) is 18.3 Å². The van der Waals surface area contributed by atoms with Crippen molar-refractivity contribution in [2.24, 2.45) is 0 Å². The molecule has 0 saturated heterocycles. The lowest BCUT2D eigenvalue weighted by Crippen LogP contribution is -2.15. The van der Waals surface area contributed by atoms with E-state index in [1.54, 1.807) is 31.2 Å². The average Bonchev–Trinajstić information content (AvgIpc) is 2.36. The van der Waals surface area contributed by atoms with Gasteiger partial charge < -0.3 is 4.98 Å². The SMILES string of the molecule is Cc1[nH]c(=O)c(Cc2c(Cl)cccc2Cl)cc1C#N. The topological polar surface area (TPSA) is 56.6 Å². The van der Waals surface area contributed by atoms with E-state index in [1.165, 1.54) is 0 Å². The average molecular weight is 293 g/mol. The van der Waals surface area contributed by atoms with Crippen molar-refractivity contribution in [3.63, 3.8) is 0 Å². The fourth-order valence-electron chi connectivity index (χ4n) is 1.81. The minimum atomic E-state index is -0.229. The lowest BCUT2D eigenvalue weighted by molar-refractivity contribution is 1.05. The van der Waals surface area contributed by atoms with Gasteiger partial charge in [-0.25, -0.2) is 0 Å². The smallest absolute Gasteiger partial charge is 0.251 e. The van der Waals surface area contributed by atoms with Crippen LogP contribution >= 0.6 is 23.2 Å². The summed E-state index contributed by atoms with van der Waals surface area (Å²) in [5, 5.41) is 10.00. The lowest BCUT2D eigenvalue weighted by atomic mass is 10.0. The van der Waals surface area contributed by atoms with Crippen molar-refractivity contribution in [1.29, 1.82) is 5.26 Å². The van der Waals surface area contributed by atoms with Crippen LogP contribution in [0.25, 0.3) is 0 Å². The third-order valence-corrected chi connectivity index (χ3v) is 3.57. The summed E-state index contributed by atoms with van der Waals surface area (Å²) in [4.78, 5) is 14.5. The molecule has 1 N–H and O–H groups in total. The number of halogens is 2. The van der Waals surface area contributed by atoms with E-state index in [9.17, 15) is 4.79 Å². The molecule has 5 heteroatoms. The van der Waals surface area contributed by atoms with E-state index < -0.39 is 0 Å². The molecule has 0 fully saturated rings. The minimum absolute atomic E-state index is 0.229. The van der Waals surface area contributed by atoms with Crippen LogP contribution in [0.1, 0.15) is 22.4 Å². The summed E-state index contributed by atoms with van der Waals surface area (Å²) in [5.41, 5.74) is 1.92. The third kappa shape index (κ3) is 2.81. The molecule has 2 rings (SSSR count). The Bertz CT molecular complexity index is 709. The predicted molar refractivity (Wildman–Crippen MR) is 75.8 cm³/mol. The van der Waals surface area contributed by atoms with E-state index in [0.29, 0.717) is 38.9 Å². The fraction of sp³-hybridized carbons (Fsp3) is 0.143. The normalized spacial score (nSPS) is 10.2. The molecule has 0 radical (unpaired) electrons. The van der Waals surface area contributed by atoms with Gasteiger partial charge in [0.2, 0.25) is 0 Å². The molecule has 1 heterocycles. The highest BCUT2D eigenvalue weighted by Crippen LogP contribution is 2.26. The van der Waals surface area contributed by atoms with Crippen LogP contribution in [0.2, 0.25) is 10.0 Å². The van der Waals surface area contributed by atoms with Gasteiger partial charge in [-0.1, -0.05) is 29.3 Å². The highest BCUT2D eigenvalue weighted by Gasteiger charge is 2.11. The molecule has 2 aromatic rings. The van der Waals surface area contributed by atoms with Gasteiger partial charge >= 0.3 is 0 Å². The van der Waals surface area contributed by atoms with E-state index in [1.807, 2.05) is 6.07 Å². The van der Waals surface area contributed by atoms with Crippen LogP contribution in [-0.2, 0) is 6.42 Å². The number of nitrogens with zero attached hydrogens (tertiary/aromatic N) is 1. The van der Waals surface area contributed by atoms with Crippen LogP contribution < -0.4 is 5.56 Å². The number of nitrogens with one attached hydrogen (secondary N) is 1. The molecule has 19 heavy (non-hydrogen) atoms. The van der Waals surface area contributed by atoms with E-state index in [-0.39, 0.29) is 5.56 Å². The highest BCUT2D eigenvalue weighted by atomic mass is 35.5. The number of benzene rings is 1. The van der Waals surface area contributed by atoms with Gasteiger partial charge in [-0.2, -0.15) is 5.26 Å². The largest absolute Gasteiger partial charge is 0.325 e. The molecular weight excluding hydrogens is 283 g/mol. The number of nitriles is 1. The van der Waals surface area contributed by atoms with Crippen molar-refractivity contribution in [2.75, 3.05) is 0 Å². The Balaban J connectivity index is 2.51. The van der Waals surface area contributed by atoms with E-state index in [0.717, 1.165) is 0 Å². The number of rotatable bonds is 2. The van der Waals surface area contributed by atoms with Crippen molar-refractivity contribution in [3.05, 3.63) is 67.0 Å². The van der Waals surface area contributed by atoms with Gasteiger partial charge in [0, 0.05) is 27.7 Å². The lowest BCUT2D eigenvalue weighted by Gasteiger charge is -2.07. The van der Waals surface area contributed by atoms with Crippen LogP contribution in [0.3, 0.4) is 0 Å². The first kappa shape index (κ1) is 13.7. The van der Waals surface area contributed by atoms with Crippen molar-refractivity contribution >= 4 is 23.2 Å². The van der Waals surface area contributed by atoms with Gasteiger partial charge in [0.15, 0.2) is 0 Å². The zero-order valence-electron chi connectivity index (χ0n) is 10.1. The number of H-pyrrole nitrogens is 1. The molecule has 0 atom stereocenters. The summed E-state index contributed by atoms with van der Waals surface area (Å²) in [6, 6.07) is 8.80. The number of pyridine rings is 1. The van der Waals surface area contributed by atoms with E-state index >= 15 is 0 Å². The first-order chi connectivity index (χ1) is 9.02. The Labute approximate surface area is 120 Å². The molecule has 96 valence electrons. The van der Waals surface area contributed by atoms with Crippen LogP contribution in [-0.4, -0.2) is 4.98 Å². The third-order valence-electron chi connectivity index (χ3n) is 2.86. The van der Waals surface area contributed by atoms with Crippen LogP contribution in [0.4, 0.5) is 0 Å². The van der Waals surface area contributed by atoms with Crippen molar-refractivity contribution in [1.82, 2.24) is 4.98 Å². The molecular formula is C14H10Cl2N2O. The molecule has 1 aromatic heterocycles. The molecule has 3 nitrogen and oxygen atoms in total. The quantitative estimate of drug-likeness (QED) is 0.922. The van der Waals surface area contributed by atoms with Gasteiger partial charge in [-0.3, -0.25) is 4.79 Å². The highest BCUT2D eigenvalue weighted by molar-refractivity contribution is 6.36. The molecule has 0 bridgehead atoms. The van der Waals surface area contributed by atoms with Gasteiger partial charge in [-0.05, 0) is 30.7 Å². The Hall–Kier alpha value is -1.76. The molecule has 0 amide bonds. The number of aryl methyl sites for hydroxylation is 1. The molecule has 0 aliphatic rings. The van der Waals surface area contributed by atoms with Crippen molar-refractivity contribution in [3.8, 4) is 6.07 Å². The summed E-state index contributed by atoms with van der Waals surface area (Å²) < 4.78 is 0. The second-order valence-electron chi connectivity index (χ2n) is 4.15. The Morgan fingerprint density at radius 3 is 2.53 bits per heavy atom. The summed E-state index contributed by atoms with van der Waals surface area (Å²) in [7, 11) is 0. The molecule has 0 spiro atoms. The molecule has 0 unspecified atom stereocenters. The summed E-state index contributed by atoms with van der Waals surface area (Å²) in [5.74, 6) is 0. The summed E-state index contributed by atoms with van der Waals surface area (Å²) >= 11 is 12.1. The first-order valence-corrected chi connectivity index (χ1v) is 6.34. The maximum absolute atomic E-state index is 11.9. The summed E-state index contributed by atoms with van der Waals surface area (Å²) in [6.45, 7) is 1.69. The standard InChI is InChI=1S/C14H10Cl2N2O/c1-8-10(7-17)5-9(14(19)18-8)6-11-12(15)3-2-4-13(11)16/h2-5H,6H2,1H3,(H,18,19). The summed E-state index contributed by atoms with van der Waals surface area (Å²) in [6.07, 6.45) is 0.294. The fourth-order valence-corrected chi connectivity index (χ4v) is 2.34. The molecule has 0 saturated carbocycles. The predicted octanol–water partition coefficient (Wildman–Crippen LogP) is 3.45. The van der Waals surface area contributed by atoms with Gasteiger partial charge in [0.25, 0.3) is 5.56 Å².